The van der Waals surface area contributed by atoms with Crippen LogP contribution in [0.3, 0.4) is 0 Å². The monoisotopic (exact) mass is 297 g/mol. The molecule has 0 fully saturated rings. The number of nitrogens with two attached hydrogens (primary N) is 1. The number of nitrogens with zero attached hydrogens (tertiary/aromatic N) is 4. The summed E-state index contributed by atoms with van der Waals surface area (Å²) in [6.45, 7) is 3.92. The molecule has 2 N–H and O–H groups in total. The highest BCUT2D eigenvalue weighted by molar-refractivity contribution is 6.30. The first kappa shape index (κ1) is 13.4. The second-order valence-corrected chi connectivity index (χ2v) is 5.21. The van der Waals surface area contributed by atoms with Gasteiger partial charge in [0.1, 0.15) is 18.2 Å². The quantitative estimate of drug-likeness (QED) is 0.748. The minimum Gasteiger partial charge on any atom is -0.383 e. The maximum atomic E-state index is 9.33. The molecule has 0 aliphatic rings. The molecular formula is C15H12ClN5. The van der Waals surface area contributed by atoms with Crippen molar-refractivity contribution < 1.29 is 0 Å². The summed E-state index contributed by atoms with van der Waals surface area (Å²) < 4.78 is 1.90. The van der Waals surface area contributed by atoms with Crippen LogP contribution < -0.4 is 5.73 Å². The van der Waals surface area contributed by atoms with Crippen molar-refractivity contribution in [3.63, 3.8) is 0 Å². The van der Waals surface area contributed by atoms with Gasteiger partial charge in [0.05, 0.1) is 16.6 Å². The topological polar surface area (TPSA) is 80.5 Å². The second kappa shape index (κ2) is 4.76. The largest absolute Gasteiger partial charge is 0.383 e. The zero-order valence-electron chi connectivity index (χ0n) is 11.6. The Morgan fingerprint density at radius 1 is 1.29 bits per heavy atom. The number of hydrogen-bond donors (Lipinski definition) is 1. The van der Waals surface area contributed by atoms with E-state index in [1.54, 1.807) is 18.2 Å². The van der Waals surface area contributed by atoms with Crippen molar-refractivity contribution in [2.24, 2.45) is 0 Å². The lowest BCUT2D eigenvalue weighted by atomic mass is 10.2. The van der Waals surface area contributed by atoms with Gasteiger partial charge in [0, 0.05) is 10.7 Å². The molecule has 2 heterocycles. The molecule has 2 aromatic heterocycles. The van der Waals surface area contributed by atoms with Crippen LogP contribution in [0.25, 0.3) is 16.7 Å². The van der Waals surface area contributed by atoms with Gasteiger partial charge in [-0.05, 0) is 37.6 Å². The Balaban J connectivity index is 2.48. The van der Waals surface area contributed by atoms with Gasteiger partial charge in [0.2, 0.25) is 0 Å². The van der Waals surface area contributed by atoms with Crippen molar-refractivity contribution in [3.8, 4) is 11.8 Å². The van der Waals surface area contributed by atoms with Gasteiger partial charge in [-0.25, -0.2) is 9.97 Å². The Morgan fingerprint density at radius 2 is 2.05 bits per heavy atom. The SMILES string of the molecule is Cc1c(C)n(-c2cc(Cl)ccc2C#N)c2ncnc(N)c12. The first-order valence-electron chi connectivity index (χ1n) is 6.32. The number of nitrogen functional groups attached to an aromatic ring is 1. The molecule has 3 rings (SSSR count). The van der Waals surface area contributed by atoms with E-state index < -0.39 is 0 Å². The van der Waals surface area contributed by atoms with Gasteiger partial charge in [0.15, 0.2) is 5.65 Å². The van der Waals surface area contributed by atoms with Crippen molar-refractivity contribution in [3.05, 3.63) is 46.4 Å². The van der Waals surface area contributed by atoms with Gasteiger partial charge in [-0.1, -0.05) is 11.6 Å². The number of fused-ring (bicyclic) bond motifs is 1. The molecule has 3 aromatic rings. The van der Waals surface area contributed by atoms with E-state index in [1.807, 2.05) is 18.4 Å². The lowest BCUT2D eigenvalue weighted by molar-refractivity contribution is 1.01. The van der Waals surface area contributed by atoms with Crippen LogP contribution in [0.1, 0.15) is 16.8 Å². The van der Waals surface area contributed by atoms with E-state index in [1.165, 1.54) is 6.33 Å². The molecule has 0 atom stereocenters. The summed E-state index contributed by atoms with van der Waals surface area (Å²) in [6, 6.07) is 7.33. The number of anilines is 1. The summed E-state index contributed by atoms with van der Waals surface area (Å²) in [4.78, 5) is 8.36. The standard InChI is InChI=1S/C15H12ClN5/c1-8-9(2)21(15-13(8)14(18)19-7-20-15)12-5-11(16)4-3-10(12)6-17/h3-5,7H,1-2H3,(H2,18,19,20). The van der Waals surface area contributed by atoms with Gasteiger partial charge >= 0.3 is 0 Å². The van der Waals surface area contributed by atoms with Crippen molar-refractivity contribution in [1.82, 2.24) is 14.5 Å². The maximum Gasteiger partial charge on any atom is 0.150 e. The number of halogens is 1. The highest BCUT2D eigenvalue weighted by Gasteiger charge is 2.18. The first-order chi connectivity index (χ1) is 10.0. The molecule has 0 saturated carbocycles. The maximum absolute atomic E-state index is 9.33. The van der Waals surface area contributed by atoms with E-state index in [-0.39, 0.29) is 0 Å². The van der Waals surface area contributed by atoms with E-state index in [9.17, 15) is 5.26 Å². The average Bonchev–Trinajstić information content (AvgIpc) is 2.72. The zero-order chi connectivity index (χ0) is 15.1. The van der Waals surface area contributed by atoms with Gasteiger partial charge in [0.25, 0.3) is 0 Å². The minimum atomic E-state index is 0.430. The highest BCUT2D eigenvalue weighted by atomic mass is 35.5. The van der Waals surface area contributed by atoms with E-state index in [0.717, 1.165) is 16.6 Å². The Kier molecular flexibility index (Phi) is 3.04. The molecule has 0 unspecified atom stereocenters. The fraction of sp³-hybridized carbons (Fsp3) is 0.133. The minimum absolute atomic E-state index is 0.430. The fourth-order valence-corrected chi connectivity index (χ4v) is 2.67. The predicted octanol–water partition coefficient (Wildman–Crippen LogP) is 3.14. The number of hydrogen-bond acceptors (Lipinski definition) is 4. The van der Waals surface area contributed by atoms with E-state index >= 15 is 0 Å². The van der Waals surface area contributed by atoms with Crippen LogP contribution in [0, 0.1) is 25.2 Å². The van der Waals surface area contributed by atoms with Crippen molar-refractivity contribution in [2.45, 2.75) is 13.8 Å². The number of benzene rings is 1. The predicted molar refractivity (Wildman–Crippen MR) is 82.5 cm³/mol. The third kappa shape index (κ3) is 1.92. The van der Waals surface area contributed by atoms with Crippen LogP contribution in [0.4, 0.5) is 5.82 Å². The molecule has 6 heteroatoms. The summed E-state index contributed by atoms with van der Waals surface area (Å²) in [5.74, 6) is 0.430. The molecule has 1 aromatic carbocycles. The summed E-state index contributed by atoms with van der Waals surface area (Å²) in [5, 5.41) is 10.7. The molecule has 0 spiro atoms. The molecule has 0 aliphatic heterocycles. The van der Waals surface area contributed by atoms with Gasteiger partial charge in [-0.15, -0.1) is 0 Å². The summed E-state index contributed by atoms with van der Waals surface area (Å²) in [6.07, 6.45) is 1.42. The molecule has 0 bridgehead atoms. The van der Waals surface area contributed by atoms with E-state index in [4.69, 9.17) is 17.3 Å². The molecular weight excluding hydrogens is 286 g/mol. The zero-order valence-corrected chi connectivity index (χ0v) is 12.3. The molecule has 0 aliphatic carbocycles. The Bertz CT molecular complexity index is 905. The summed E-state index contributed by atoms with van der Waals surface area (Å²) in [5.41, 5.74) is 9.80. The molecule has 21 heavy (non-hydrogen) atoms. The number of aromatic nitrogens is 3. The second-order valence-electron chi connectivity index (χ2n) is 4.78. The van der Waals surface area contributed by atoms with Crippen LogP contribution in [-0.2, 0) is 0 Å². The Hall–Kier alpha value is -2.58. The molecule has 0 saturated heterocycles. The van der Waals surface area contributed by atoms with Crippen LogP contribution in [-0.4, -0.2) is 14.5 Å². The third-order valence-corrected chi connectivity index (χ3v) is 3.88. The summed E-state index contributed by atoms with van der Waals surface area (Å²) in [7, 11) is 0. The molecule has 5 nitrogen and oxygen atoms in total. The molecule has 0 radical (unpaired) electrons. The van der Waals surface area contributed by atoms with Crippen LogP contribution >= 0.6 is 11.6 Å². The van der Waals surface area contributed by atoms with Crippen LogP contribution in [0.5, 0.6) is 0 Å². The normalized spacial score (nSPS) is 10.8. The lowest BCUT2D eigenvalue weighted by Crippen LogP contribution is -2.01. The lowest BCUT2D eigenvalue weighted by Gasteiger charge is -2.10. The number of nitriles is 1. The van der Waals surface area contributed by atoms with Crippen molar-refractivity contribution in [2.75, 3.05) is 5.73 Å². The fourth-order valence-electron chi connectivity index (χ4n) is 2.51. The smallest absolute Gasteiger partial charge is 0.150 e. The van der Waals surface area contributed by atoms with Crippen LogP contribution in [0.15, 0.2) is 24.5 Å². The molecule has 0 amide bonds. The highest BCUT2D eigenvalue weighted by Crippen LogP contribution is 2.31. The van der Waals surface area contributed by atoms with Crippen molar-refractivity contribution >= 4 is 28.5 Å². The summed E-state index contributed by atoms with van der Waals surface area (Å²) >= 11 is 6.09. The van der Waals surface area contributed by atoms with Gasteiger partial charge < -0.3 is 5.73 Å². The Morgan fingerprint density at radius 3 is 2.76 bits per heavy atom. The Labute approximate surface area is 126 Å². The van der Waals surface area contributed by atoms with Crippen LogP contribution in [0.2, 0.25) is 5.02 Å². The first-order valence-corrected chi connectivity index (χ1v) is 6.70. The molecule has 104 valence electrons. The van der Waals surface area contributed by atoms with Crippen molar-refractivity contribution in [1.29, 1.82) is 5.26 Å². The van der Waals surface area contributed by atoms with Gasteiger partial charge in [-0.2, -0.15) is 5.26 Å². The van der Waals surface area contributed by atoms with E-state index in [2.05, 4.69) is 16.0 Å². The third-order valence-electron chi connectivity index (χ3n) is 3.64. The van der Waals surface area contributed by atoms with E-state index in [0.29, 0.717) is 27.7 Å². The number of rotatable bonds is 1. The average molecular weight is 298 g/mol. The van der Waals surface area contributed by atoms with Gasteiger partial charge in [-0.3, -0.25) is 4.57 Å². The number of aryl methyl sites for hydroxylation is 1.